The number of likely N-dealkylation sites (tertiary alicyclic amines) is 1. The Labute approximate surface area is 184 Å². The van der Waals surface area contributed by atoms with Crippen LogP contribution in [0.25, 0.3) is 10.9 Å². The van der Waals surface area contributed by atoms with E-state index in [1.807, 2.05) is 36.4 Å². The minimum absolute atomic E-state index is 0.0440. The summed E-state index contributed by atoms with van der Waals surface area (Å²) in [4.78, 5) is 22.6. The van der Waals surface area contributed by atoms with Gasteiger partial charge in [-0.2, -0.15) is 0 Å². The van der Waals surface area contributed by atoms with Gasteiger partial charge in [0, 0.05) is 42.4 Å². The number of nitrogens with zero attached hydrogens (tertiary/aromatic N) is 2. The summed E-state index contributed by atoms with van der Waals surface area (Å²) in [5.74, 6) is 0.757. The summed E-state index contributed by atoms with van der Waals surface area (Å²) in [7, 11) is 0. The highest BCUT2D eigenvalue weighted by Crippen LogP contribution is 2.25. The lowest BCUT2D eigenvalue weighted by Crippen LogP contribution is -2.41. The first kappa shape index (κ1) is 21.4. The summed E-state index contributed by atoms with van der Waals surface area (Å²) in [5.41, 5.74) is 2.55. The van der Waals surface area contributed by atoms with Crippen molar-refractivity contribution >= 4 is 16.8 Å². The van der Waals surface area contributed by atoms with E-state index in [0.29, 0.717) is 11.7 Å². The number of hydrogen-bond acceptors (Lipinski definition) is 4. The molecule has 0 spiro atoms. The number of pyridine rings is 1. The van der Waals surface area contributed by atoms with E-state index in [2.05, 4.69) is 41.0 Å². The number of piperidine rings is 1. The SMILES string of the molecule is CCC(NC(=O)c1cc2cc(OC3CCN(C(C)C)CC3)ccc2[nH]1)c1ccncc1. The Hall–Kier alpha value is -2.86. The molecule has 31 heavy (non-hydrogen) atoms. The van der Waals surface area contributed by atoms with Crippen LogP contribution in [0.15, 0.2) is 48.8 Å². The molecule has 0 radical (unpaired) electrons. The third-order valence-electron chi connectivity index (χ3n) is 6.17. The molecular weight excluding hydrogens is 388 g/mol. The number of amides is 1. The Balaban J connectivity index is 1.42. The molecule has 2 aromatic heterocycles. The normalized spacial score (nSPS) is 16.5. The van der Waals surface area contributed by atoms with Crippen LogP contribution in [0.3, 0.4) is 0 Å². The molecule has 1 amide bonds. The molecule has 2 N–H and O–H groups in total. The molecule has 1 aliphatic heterocycles. The maximum atomic E-state index is 12.9. The summed E-state index contributed by atoms with van der Waals surface area (Å²) in [6.07, 6.45) is 6.65. The molecule has 1 unspecified atom stereocenters. The molecule has 0 saturated carbocycles. The number of fused-ring (bicyclic) bond motifs is 1. The quantitative estimate of drug-likeness (QED) is 0.581. The Morgan fingerprint density at radius 2 is 1.94 bits per heavy atom. The zero-order valence-electron chi connectivity index (χ0n) is 18.6. The highest BCUT2D eigenvalue weighted by atomic mass is 16.5. The second kappa shape index (κ2) is 9.52. The Morgan fingerprint density at radius 3 is 2.61 bits per heavy atom. The van der Waals surface area contributed by atoms with Gasteiger partial charge in [0.15, 0.2) is 0 Å². The van der Waals surface area contributed by atoms with Crippen LogP contribution in [-0.2, 0) is 0 Å². The lowest BCUT2D eigenvalue weighted by molar-refractivity contribution is 0.0844. The Kier molecular flexibility index (Phi) is 6.56. The van der Waals surface area contributed by atoms with Crippen molar-refractivity contribution in [3.8, 4) is 5.75 Å². The second-order valence-corrected chi connectivity index (χ2v) is 8.59. The summed E-state index contributed by atoms with van der Waals surface area (Å²) in [6.45, 7) is 8.71. The van der Waals surface area contributed by atoms with Gasteiger partial charge in [0.25, 0.3) is 5.91 Å². The molecule has 1 atom stereocenters. The number of benzene rings is 1. The first-order valence-corrected chi connectivity index (χ1v) is 11.3. The number of aromatic amines is 1. The van der Waals surface area contributed by atoms with Crippen molar-refractivity contribution < 1.29 is 9.53 Å². The van der Waals surface area contributed by atoms with Crippen LogP contribution < -0.4 is 10.1 Å². The van der Waals surface area contributed by atoms with Crippen LogP contribution >= 0.6 is 0 Å². The highest BCUT2D eigenvalue weighted by molar-refractivity contribution is 5.98. The third-order valence-corrected chi connectivity index (χ3v) is 6.17. The maximum absolute atomic E-state index is 12.9. The molecule has 3 aromatic rings. The molecule has 4 rings (SSSR count). The molecule has 0 aliphatic carbocycles. The van der Waals surface area contributed by atoms with Crippen molar-refractivity contribution in [3.05, 3.63) is 60.0 Å². The fourth-order valence-corrected chi connectivity index (χ4v) is 4.26. The van der Waals surface area contributed by atoms with Crippen LogP contribution in [0.4, 0.5) is 0 Å². The van der Waals surface area contributed by atoms with Crippen LogP contribution in [-0.4, -0.2) is 46.0 Å². The number of nitrogens with one attached hydrogen (secondary N) is 2. The minimum atomic E-state index is -0.108. The van der Waals surface area contributed by atoms with Gasteiger partial charge in [-0.25, -0.2) is 0 Å². The average Bonchev–Trinajstić information content (AvgIpc) is 3.22. The molecule has 1 fully saturated rings. The smallest absolute Gasteiger partial charge is 0.268 e. The lowest BCUT2D eigenvalue weighted by Gasteiger charge is -2.34. The van der Waals surface area contributed by atoms with Gasteiger partial charge in [-0.1, -0.05) is 6.92 Å². The Morgan fingerprint density at radius 1 is 1.19 bits per heavy atom. The third kappa shape index (κ3) is 5.07. The monoisotopic (exact) mass is 420 g/mol. The van der Waals surface area contributed by atoms with Crippen molar-refractivity contribution in [2.45, 2.75) is 58.2 Å². The van der Waals surface area contributed by atoms with Gasteiger partial charge in [0.1, 0.15) is 17.5 Å². The van der Waals surface area contributed by atoms with E-state index in [-0.39, 0.29) is 18.1 Å². The van der Waals surface area contributed by atoms with Crippen LogP contribution in [0, 0.1) is 0 Å². The summed E-state index contributed by atoms with van der Waals surface area (Å²) >= 11 is 0. The van der Waals surface area contributed by atoms with E-state index in [1.54, 1.807) is 12.4 Å². The molecular formula is C25H32N4O2. The van der Waals surface area contributed by atoms with Crippen LogP contribution in [0.2, 0.25) is 0 Å². The van der Waals surface area contributed by atoms with Crippen LogP contribution in [0.5, 0.6) is 5.75 Å². The van der Waals surface area contributed by atoms with Crippen molar-refractivity contribution in [1.82, 2.24) is 20.2 Å². The fourth-order valence-electron chi connectivity index (χ4n) is 4.26. The minimum Gasteiger partial charge on any atom is -0.490 e. The van der Waals surface area contributed by atoms with Crippen molar-refractivity contribution in [1.29, 1.82) is 0 Å². The van der Waals surface area contributed by atoms with Crippen molar-refractivity contribution in [3.63, 3.8) is 0 Å². The molecule has 6 nitrogen and oxygen atoms in total. The van der Waals surface area contributed by atoms with E-state index >= 15 is 0 Å². The molecule has 1 saturated heterocycles. The van der Waals surface area contributed by atoms with Gasteiger partial charge in [0.2, 0.25) is 0 Å². The zero-order chi connectivity index (χ0) is 21.8. The van der Waals surface area contributed by atoms with Gasteiger partial charge < -0.3 is 19.9 Å². The zero-order valence-corrected chi connectivity index (χ0v) is 18.6. The average molecular weight is 421 g/mol. The van der Waals surface area contributed by atoms with Gasteiger partial charge in [-0.15, -0.1) is 0 Å². The molecule has 3 heterocycles. The number of hydrogen-bond donors (Lipinski definition) is 2. The van der Waals surface area contributed by atoms with Gasteiger partial charge in [-0.05, 0) is 75.1 Å². The Bertz CT molecular complexity index is 1010. The van der Waals surface area contributed by atoms with E-state index in [4.69, 9.17) is 4.74 Å². The number of aromatic nitrogens is 2. The standard InChI is InChI=1S/C25H32N4O2/c1-4-22(18-7-11-26-12-8-18)28-25(30)24-16-19-15-21(5-6-23(19)27-24)31-20-9-13-29(14-10-20)17(2)3/h5-8,11-12,15-17,20,22,27H,4,9-10,13-14H2,1-3H3,(H,28,30). The molecule has 1 aromatic carbocycles. The molecule has 0 bridgehead atoms. The van der Waals surface area contributed by atoms with Crippen LogP contribution in [0.1, 0.15) is 62.1 Å². The molecule has 164 valence electrons. The van der Waals surface area contributed by atoms with Gasteiger partial charge >= 0.3 is 0 Å². The van der Waals surface area contributed by atoms with E-state index in [0.717, 1.165) is 54.6 Å². The van der Waals surface area contributed by atoms with Gasteiger partial charge in [-0.3, -0.25) is 9.78 Å². The van der Waals surface area contributed by atoms with Crippen molar-refractivity contribution in [2.24, 2.45) is 0 Å². The predicted octanol–water partition coefficient (Wildman–Crippen LogP) is 4.70. The fraction of sp³-hybridized carbons (Fsp3) is 0.440. The number of H-pyrrole nitrogens is 1. The first-order chi connectivity index (χ1) is 15.0. The van der Waals surface area contributed by atoms with Gasteiger partial charge in [0.05, 0.1) is 6.04 Å². The maximum Gasteiger partial charge on any atom is 0.268 e. The summed E-state index contributed by atoms with van der Waals surface area (Å²) in [6, 6.07) is 12.3. The second-order valence-electron chi connectivity index (χ2n) is 8.59. The number of carbonyl (C=O) groups excluding carboxylic acids is 1. The van der Waals surface area contributed by atoms with E-state index < -0.39 is 0 Å². The number of carbonyl (C=O) groups is 1. The topological polar surface area (TPSA) is 70.2 Å². The largest absolute Gasteiger partial charge is 0.490 e. The molecule has 6 heteroatoms. The lowest BCUT2D eigenvalue weighted by atomic mass is 10.1. The summed E-state index contributed by atoms with van der Waals surface area (Å²) < 4.78 is 6.25. The van der Waals surface area contributed by atoms with Crippen molar-refractivity contribution in [2.75, 3.05) is 13.1 Å². The highest BCUT2D eigenvalue weighted by Gasteiger charge is 2.22. The first-order valence-electron chi connectivity index (χ1n) is 11.3. The molecule has 1 aliphatic rings. The van der Waals surface area contributed by atoms with E-state index in [1.165, 1.54) is 0 Å². The van der Waals surface area contributed by atoms with E-state index in [9.17, 15) is 4.79 Å². The predicted molar refractivity (Wildman–Crippen MR) is 123 cm³/mol. The number of rotatable bonds is 7. The number of ether oxygens (including phenoxy) is 1. The summed E-state index contributed by atoms with van der Waals surface area (Å²) in [5, 5.41) is 4.11.